The molecule has 2 N–H and O–H groups in total. The van der Waals surface area contributed by atoms with Crippen LogP contribution in [0.25, 0.3) is 0 Å². The summed E-state index contributed by atoms with van der Waals surface area (Å²) in [4.78, 5) is 7.29. The summed E-state index contributed by atoms with van der Waals surface area (Å²) < 4.78 is 4.31. The first-order valence-corrected chi connectivity index (χ1v) is 7.07. The van der Waals surface area contributed by atoms with Gasteiger partial charge in [0.15, 0.2) is 0 Å². The average Bonchev–Trinajstić information content (AvgIpc) is 2.71. The lowest BCUT2D eigenvalue weighted by molar-refractivity contribution is 0.612. The van der Waals surface area contributed by atoms with Crippen molar-refractivity contribution in [2.24, 2.45) is 11.7 Å². The molecule has 1 aromatic heterocycles. The van der Waals surface area contributed by atoms with E-state index in [-0.39, 0.29) is 0 Å². The van der Waals surface area contributed by atoms with Crippen LogP contribution in [0.1, 0.15) is 33.0 Å². The smallest absolute Gasteiger partial charge is 0.205 e. The first-order valence-electron chi connectivity index (χ1n) is 5.88. The minimum absolute atomic E-state index is 0.555. The molecule has 0 radical (unpaired) electrons. The van der Waals surface area contributed by atoms with Crippen molar-refractivity contribution < 1.29 is 0 Å². The molecule has 0 fully saturated rings. The summed E-state index contributed by atoms with van der Waals surface area (Å²) in [7, 11) is 0. The molecule has 4 nitrogen and oxygen atoms in total. The molecule has 6 heteroatoms. The third-order valence-corrected chi connectivity index (χ3v) is 3.28. The van der Waals surface area contributed by atoms with Crippen LogP contribution in [0.2, 0.25) is 0 Å². The second-order valence-corrected chi connectivity index (χ2v) is 5.66. The number of anilines is 1. The predicted molar refractivity (Wildman–Crippen MR) is 77.7 cm³/mol. The molecule has 1 rings (SSSR count). The van der Waals surface area contributed by atoms with E-state index in [0.29, 0.717) is 10.9 Å². The van der Waals surface area contributed by atoms with E-state index in [1.807, 2.05) is 0 Å². The Morgan fingerprint density at radius 2 is 2.24 bits per heavy atom. The standard InChI is InChI=1S/C11H20N4S2/c1-4-10-13-11(17-14-10)15(7-8(2)3)6-5-9(12)16/h8H,4-7H2,1-3H3,(H2,12,16). The predicted octanol–water partition coefficient (Wildman–Crippen LogP) is 2.24. The lowest BCUT2D eigenvalue weighted by Crippen LogP contribution is -2.30. The van der Waals surface area contributed by atoms with Crippen molar-refractivity contribution in [3.63, 3.8) is 0 Å². The molecule has 0 aliphatic heterocycles. The minimum Gasteiger partial charge on any atom is -0.393 e. The second-order valence-electron chi connectivity index (χ2n) is 4.40. The van der Waals surface area contributed by atoms with Gasteiger partial charge >= 0.3 is 0 Å². The molecular weight excluding hydrogens is 252 g/mol. The minimum atomic E-state index is 0.555. The van der Waals surface area contributed by atoms with Gasteiger partial charge in [-0.2, -0.15) is 4.37 Å². The lowest BCUT2D eigenvalue weighted by Gasteiger charge is -2.23. The number of nitrogens with zero attached hydrogens (tertiary/aromatic N) is 3. The first-order chi connectivity index (χ1) is 8.02. The molecular formula is C11H20N4S2. The molecule has 0 aliphatic rings. The summed E-state index contributed by atoms with van der Waals surface area (Å²) in [6.07, 6.45) is 1.60. The van der Waals surface area contributed by atoms with Crippen LogP contribution in [-0.2, 0) is 6.42 Å². The van der Waals surface area contributed by atoms with Crippen molar-refractivity contribution in [1.29, 1.82) is 0 Å². The van der Waals surface area contributed by atoms with E-state index in [1.165, 1.54) is 11.5 Å². The Balaban J connectivity index is 2.70. The van der Waals surface area contributed by atoms with E-state index >= 15 is 0 Å². The fourth-order valence-corrected chi connectivity index (χ4v) is 2.34. The molecule has 0 atom stereocenters. The zero-order chi connectivity index (χ0) is 12.8. The molecule has 96 valence electrons. The molecule has 0 aromatic carbocycles. The van der Waals surface area contributed by atoms with Crippen LogP contribution in [0.4, 0.5) is 5.13 Å². The summed E-state index contributed by atoms with van der Waals surface area (Å²) >= 11 is 6.38. The molecule has 0 aliphatic carbocycles. The summed E-state index contributed by atoms with van der Waals surface area (Å²) in [5.41, 5.74) is 5.55. The Morgan fingerprint density at radius 1 is 1.53 bits per heavy atom. The molecule has 0 bridgehead atoms. The van der Waals surface area contributed by atoms with E-state index in [9.17, 15) is 0 Å². The molecule has 0 unspecified atom stereocenters. The fraction of sp³-hybridized carbons (Fsp3) is 0.727. The van der Waals surface area contributed by atoms with Crippen LogP contribution < -0.4 is 10.6 Å². The Bertz CT molecular complexity index is 362. The van der Waals surface area contributed by atoms with E-state index < -0.39 is 0 Å². The topological polar surface area (TPSA) is 55.0 Å². The van der Waals surface area contributed by atoms with Gasteiger partial charge in [-0.3, -0.25) is 0 Å². The maximum absolute atomic E-state index is 5.55. The quantitative estimate of drug-likeness (QED) is 0.772. The lowest BCUT2D eigenvalue weighted by atomic mass is 10.2. The van der Waals surface area contributed by atoms with Crippen LogP contribution in [0.15, 0.2) is 0 Å². The van der Waals surface area contributed by atoms with Gasteiger partial charge in [-0.1, -0.05) is 33.0 Å². The monoisotopic (exact) mass is 272 g/mol. The fourth-order valence-electron chi connectivity index (χ4n) is 1.47. The van der Waals surface area contributed by atoms with Crippen LogP contribution in [0, 0.1) is 5.92 Å². The number of thiocarbonyl (C=S) groups is 1. The van der Waals surface area contributed by atoms with Gasteiger partial charge < -0.3 is 10.6 Å². The number of hydrogen-bond acceptors (Lipinski definition) is 5. The summed E-state index contributed by atoms with van der Waals surface area (Å²) in [5.74, 6) is 1.49. The third-order valence-electron chi connectivity index (χ3n) is 2.26. The zero-order valence-electron chi connectivity index (χ0n) is 10.6. The molecule has 1 aromatic rings. The highest BCUT2D eigenvalue weighted by Gasteiger charge is 2.13. The van der Waals surface area contributed by atoms with E-state index in [4.69, 9.17) is 18.0 Å². The van der Waals surface area contributed by atoms with Gasteiger partial charge in [0.1, 0.15) is 5.82 Å². The SMILES string of the molecule is CCc1nsc(N(CCC(N)=S)CC(C)C)n1. The number of aromatic nitrogens is 2. The molecule has 0 saturated carbocycles. The van der Waals surface area contributed by atoms with Gasteiger partial charge in [-0.25, -0.2) is 4.98 Å². The van der Waals surface area contributed by atoms with E-state index in [2.05, 4.69) is 35.0 Å². The van der Waals surface area contributed by atoms with Crippen LogP contribution in [0.5, 0.6) is 0 Å². The van der Waals surface area contributed by atoms with Gasteiger partial charge in [0.25, 0.3) is 0 Å². The maximum Gasteiger partial charge on any atom is 0.205 e. The van der Waals surface area contributed by atoms with Crippen molar-refractivity contribution in [3.8, 4) is 0 Å². The average molecular weight is 272 g/mol. The molecule has 0 spiro atoms. The van der Waals surface area contributed by atoms with Crippen molar-refractivity contribution in [2.75, 3.05) is 18.0 Å². The highest BCUT2D eigenvalue weighted by atomic mass is 32.1. The Kier molecular flexibility index (Phi) is 5.77. The largest absolute Gasteiger partial charge is 0.393 e. The molecule has 0 saturated heterocycles. The van der Waals surface area contributed by atoms with Gasteiger partial charge in [0, 0.05) is 37.5 Å². The summed E-state index contributed by atoms with van der Waals surface area (Å²) in [6.45, 7) is 8.23. The van der Waals surface area contributed by atoms with Gasteiger partial charge in [-0.05, 0) is 5.92 Å². The first kappa shape index (κ1) is 14.3. The van der Waals surface area contributed by atoms with Crippen molar-refractivity contribution >= 4 is 33.9 Å². The number of hydrogen-bond donors (Lipinski definition) is 1. The highest BCUT2D eigenvalue weighted by Crippen LogP contribution is 2.19. The Morgan fingerprint density at radius 3 is 2.71 bits per heavy atom. The zero-order valence-corrected chi connectivity index (χ0v) is 12.3. The molecule has 0 amide bonds. The second kappa shape index (κ2) is 6.86. The number of aryl methyl sites for hydroxylation is 1. The van der Waals surface area contributed by atoms with Crippen molar-refractivity contribution in [1.82, 2.24) is 9.36 Å². The normalized spacial score (nSPS) is 10.8. The molecule has 17 heavy (non-hydrogen) atoms. The Hall–Kier alpha value is -0.750. The van der Waals surface area contributed by atoms with Gasteiger partial charge in [0.2, 0.25) is 5.13 Å². The third kappa shape index (κ3) is 4.95. The van der Waals surface area contributed by atoms with E-state index in [0.717, 1.165) is 36.9 Å². The molecule has 1 heterocycles. The summed E-state index contributed by atoms with van der Waals surface area (Å²) in [6, 6.07) is 0. The van der Waals surface area contributed by atoms with Gasteiger partial charge in [-0.15, -0.1) is 0 Å². The van der Waals surface area contributed by atoms with Crippen molar-refractivity contribution in [2.45, 2.75) is 33.6 Å². The van der Waals surface area contributed by atoms with Crippen LogP contribution in [0.3, 0.4) is 0 Å². The van der Waals surface area contributed by atoms with E-state index in [1.54, 1.807) is 0 Å². The maximum atomic E-state index is 5.55. The van der Waals surface area contributed by atoms with Crippen LogP contribution in [-0.4, -0.2) is 27.4 Å². The van der Waals surface area contributed by atoms with Crippen molar-refractivity contribution in [3.05, 3.63) is 5.82 Å². The Labute approximate surface area is 112 Å². The van der Waals surface area contributed by atoms with Crippen LogP contribution >= 0.6 is 23.8 Å². The number of nitrogens with two attached hydrogens (primary N) is 1. The summed E-state index contributed by atoms with van der Waals surface area (Å²) in [5, 5.41) is 0.979. The van der Waals surface area contributed by atoms with Gasteiger partial charge in [0.05, 0.1) is 4.99 Å². The number of rotatable bonds is 7. The highest BCUT2D eigenvalue weighted by molar-refractivity contribution is 7.80.